The topological polar surface area (TPSA) is 55.3 Å². The lowest BCUT2D eigenvalue weighted by Crippen LogP contribution is -2.31. The number of hydrogen-bond donors (Lipinski definition) is 2. The Labute approximate surface area is 79.3 Å². The van der Waals surface area contributed by atoms with E-state index in [-0.39, 0.29) is 0 Å². The molecule has 13 heavy (non-hydrogen) atoms. The summed E-state index contributed by atoms with van der Waals surface area (Å²) in [5, 5.41) is 1.76. The van der Waals surface area contributed by atoms with Gasteiger partial charge in [-0.25, -0.2) is 5.84 Å². The van der Waals surface area contributed by atoms with Crippen molar-refractivity contribution in [1.82, 2.24) is 0 Å². The Morgan fingerprint density at radius 1 is 1.08 bits per heavy atom. The molecule has 3 heteroatoms. The summed E-state index contributed by atoms with van der Waals surface area (Å²) < 4.78 is 0. The van der Waals surface area contributed by atoms with Crippen molar-refractivity contribution in [1.29, 1.82) is 0 Å². The molecule has 0 saturated heterocycles. The molecule has 4 N–H and O–H groups in total. The summed E-state index contributed by atoms with van der Waals surface area (Å²) in [6.45, 7) is 1.60. The second-order valence-corrected chi connectivity index (χ2v) is 3.02. The van der Waals surface area contributed by atoms with Crippen LogP contribution in [0.4, 0.5) is 5.69 Å². The quantitative estimate of drug-likeness (QED) is 0.404. The van der Waals surface area contributed by atoms with Crippen molar-refractivity contribution in [3.8, 4) is 0 Å². The van der Waals surface area contributed by atoms with Gasteiger partial charge in [0, 0.05) is 6.54 Å². The Bertz CT molecular complexity index is 223. The van der Waals surface area contributed by atoms with Gasteiger partial charge in [-0.15, -0.1) is 0 Å². The molecule has 0 bridgehead atoms. The Hall–Kier alpha value is -1.06. The van der Waals surface area contributed by atoms with Gasteiger partial charge in [-0.1, -0.05) is 18.2 Å². The highest BCUT2D eigenvalue weighted by Crippen LogP contribution is 2.09. The molecule has 0 aliphatic carbocycles. The van der Waals surface area contributed by atoms with Crippen LogP contribution in [-0.2, 0) is 0 Å². The van der Waals surface area contributed by atoms with Crippen molar-refractivity contribution in [3.05, 3.63) is 30.3 Å². The minimum atomic E-state index is 0.739. The van der Waals surface area contributed by atoms with Crippen LogP contribution in [0, 0.1) is 0 Å². The molecule has 1 aromatic carbocycles. The average molecular weight is 179 g/mol. The van der Waals surface area contributed by atoms with Crippen LogP contribution in [0.1, 0.15) is 12.8 Å². The molecule has 0 radical (unpaired) electrons. The van der Waals surface area contributed by atoms with E-state index < -0.39 is 0 Å². The van der Waals surface area contributed by atoms with Crippen molar-refractivity contribution >= 4 is 5.69 Å². The zero-order chi connectivity index (χ0) is 9.52. The first kappa shape index (κ1) is 10.0. The minimum Gasteiger partial charge on any atom is -0.330 e. The molecule has 0 spiro atoms. The molecule has 0 saturated carbocycles. The van der Waals surface area contributed by atoms with E-state index in [1.54, 1.807) is 5.01 Å². The number of hydrazine groups is 1. The van der Waals surface area contributed by atoms with Crippen LogP contribution < -0.4 is 16.6 Å². The Balaban J connectivity index is 2.35. The predicted molar refractivity (Wildman–Crippen MR) is 56.3 cm³/mol. The van der Waals surface area contributed by atoms with Crippen molar-refractivity contribution in [3.63, 3.8) is 0 Å². The molecule has 0 atom stereocenters. The first-order valence-corrected chi connectivity index (χ1v) is 4.62. The van der Waals surface area contributed by atoms with Crippen LogP contribution in [0.2, 0.25) is 0 Å². The smallest absolute Gasteiger partial charge is 0.0517 e. The third-order valence-corrected chi connectivity index (χ3v) is 1.94. The molecular formula is C10H17N3. The number of hydrogen-bond acceptors (Lipinski definition) is 3. The predicted octanol–water partition coefficient (Wildman–Crippen LogP) is 1.11. The summed E-state index contributed by atoms with van der Waals surface area (Å²) >= 11 is 0. The summed E-state index contributed by atoms with van der Waals surface area (Å²) in [4.78, 5) is 0. The van der Waals surface area contributed by atoms with Gasteiger partial charge in [0.1, 0.15) is 0 Å². The number of anilines is 1. The lowest BCUT2D eigenvalue weighted by atomic mass is 10.2. The molecule has 0 aliphatic heterocycles. The van der Waals surface area contributed by atoms with Gasteiger partial charge in [0.2, 0.25) is 0 Å². The van der Waals surface area contributed by atoms with Crippen LogP contribution in [0.25, 0.3) is 0 Å². The summed E-state index contributed by atoms with van der Waals surface area (Å²) in [6, 6.07) is 9.96. The highest BCUT2D eigenvalue weighted by Gasteiger charge is 1.98. The van der Waals surface area contributed by atoms with Crippen molar-refractivity contribution in [2.45, 2.75) is 12.8 Å². The highest BCUT2D eigenvalue weighted by atomic mass is 15.4. The summed E-state index contributed by atoms with van der Waals surface area (Å²) in [7, 11) is 0. The lowest BCUT2D eigenvalue weighted by Gasteiger charge is -2.17. The van der Waals surface area contributed by atoms with E-state index in [9.17, 15) is 0 Å². The standard InChI is InChI=1S/C10H17N3/c11-8-4-5-9-13(12)10-6-2-1-3-7-10/h1-3,6-7H,4-5,8-9,11-12H2. The summed E-state index contributed by atoms with van der Waals surface area (Å²) in [5.74, 6) is 5.83. The van der Waals surface area contributed by atoms with E-state index in [0.29, 0.717) is 0 Å². The van der Waals surface area contributed by atoms with E-state index >= 15 is 0 Å². The fourth-order valence-corrected chi connectivity index (χ4v) is 1.18. The van der Waals surface area contributed by atoms with Crippen molar-refractivity contribution in [2.75, 3.05) is 18.1 Å². The number of para-hydroxylation sites is 1. The number of nitrogens with zero attached hydrogens (tertiary/aromatic N) is 1. The molecule has 0 aliphatic rings. The van der Waals surface area contributed by atoms with Crippen LogP contribution >= 0.6 is 0 Å². The van der Waals surface area contributed by atoms with E-state index in [0.717, 1.165) is 31.6 Å². The van der Waals surface area contributed by atoms with E-state index in [2.05, 4.69) is 0 Å². The van der Waals surface area contributed by atoms with Crippen LogP contribution in [-0.4, -0.2) is 13.1 Å². The fourth-order valence-electron chi connectivity index (χ4n) is 1.18. The maximum atomic E-state index is 5.83. The van der Waals surface area contributed by atoms with E-state index in [1.165, 1.54) is 0 Å². The normalized spacial score (nSPS) is 10.0. The van der Waals surface area contributed by atoms with Crippen LogP contribution in [0.3, 0.4) is 0 Å². The van der Waals surface area contributed by atoms with Gasteiger partial charge in [-0.05, 0) is 31.5 Å². The second kappa shape index (κ2) is 5.56. The van der Waals surface area contributed by atoms with Crippen LogP contribution in [0.15, 0.2) is 30.3 Å². The second-order valence-electron chi connectivity index (χ2n) is 3.02. The molecule has 3 nitrogen and oxygen atoms in total. The summed E-state index contributed by atoms with van der Waals surface area (Å²) in [5.41, 5.74) is 6.45. The minimum absolute atomic E-state index is 0.739. The third kappa shape index (κ3) is 3.44. The number of benzene rings is 1. The largest absolute Gasteiger partial charge is 0.330 e. The zero-order valence-electron chi connectivity index (χ0n) is 7.82. The van der Waals surface area contributed by atoms with Gasteiger partial charge in [0.15, 0.2) is 0 Å². The van der Waals surface area contributed by atoms with Gasteiger partial charge in [-0.3, -0.25) is 0 Å². The highest BCUT2D eigenvalue weighted by molar-refractivity contribution is 5.43. The molecule has 1 rings (SSSR count). The van der Waals surface area contributed by atoms with Crippen LogP contribution in [0.5, 0.6) is 0 Å². The molecule has 72 valence electrons. The fraction of sp³-hybridized carbons (Fsp3) is 0.400. The molecule has 0 aromatic heterocycles. The van der Waals surface area contributed by atoms with E-state index in [1.807, 2.05) is 30.3 Å². The Morgan fingerprint density at radius 3 is 2.38 bits per heavy atom. The zero-order valence-corrected chi connectivity index (χ0v) is 7.82. The van der Waals surface area contributed by atoms with Crippen molar-refractivity contribution < 1.29 is 0 Å². The van der Waals surface area contributed by atoms with Gasteiger partial charge in [0.25, 0.3) is 0 Å². The maximum absolute atomic E-state index is 5.83. The number of unbranched alkanes of at least 4 members (excludes halogenated alkanes) is 1. The van der Waals surface area contributed by atoms with Gasteiger partial charge >= 0.3 is 0 Å². The molecule has 0 heterocycles. The first-order valence-electron chi connectivity index (χ1n) is 4.62. The maximum Gasteiger partial charge on any atom is 0.0517 e. The first-order chi connectivity index (χ1) is 6.34. The molecule has 0 fully saturated rings. The Morgan fingerprint density at radius 2 is 1.77 bits per heavy atom. The molecule has 0 unspecified atom stereocenters. The van der Waals surface area contributed by atoms with Gasteiger partial charge in [-0.2, -0.15) is 0 Å². The van der Waals surface area contributed by atoms with Gasteiger partial charge < -0.3 is 10.7 Å². The monoisotopic (exact) mass is 179 g/mol. The van der Waals surface area contributed by atoms with Crippen molar-refractivity contribution in [2.24, 2.45) is 11.6 Å². The average Bonchev–Trinajstić information content (AvgIpc) is 2.19. The lowest BCUT2D eigenvalue weighted by molar-refractivity contribution is 0.708. The molecule has 0 amide bonds. The SMILES string of the molecule is NCCCCN(N)c1ccccc1. The number of rotatable bonds is 5. The van der Waals surface area contributed by atoms with E-state index in [4.69, 9.17) is 11.6 Å². The summed E-state index contributed by atoms with van der Waals surface area (Å²) in [6.07, 6.45) is 2.07. The third-order valence-electron chi connectivity index (χ3n) is 1.94. The molecule has 1 aromatic rings. The number of nitrogens with two attached hydrogens (primary N) is 2. The Kier molecular flexibility index (Phi) is 4.29. The molecular weight excluding hydrogens is 162 g/mol. The van der Waals surface area contributed by atoms with Gasteiger partial charge in [0.05, 0.1) is 5.69 Å².